The molecule has 0 fully saturated rings. The van der Waals surface area contributed by atoms with Crippen LogP contribution in [0, 0.1) is 17.0 Å². The number of hydrogen-bond donors (Lipinski definition) is 1. The number of nitrogens with zero attached hydrogens (tertiary/aromatic N) is 1. The first-order valence-electron chi connectivity index (χ1n) is 5.80. The lowest BCUT2D eigenvalue weighted by Crippen LogP contribution is -2.13. The van der Waals surface area contributed by atoms with Gasteiger partial charge in [0.2, 0.25) is 0 Å². The summed E-state index contributed by atoms with van der Waals surface area (Å²) in [5.41, 5.74) is 1.20. The van der Waals surface area contributed by atoms with Crippen LogP contribution in [0.3, 0.4) is 0 Å². The maximum Gasteiger partial charge on any atom is 0.292 e. The Labute approximate surface area is 120 Å². The highest BCUT2D eigenvalue weighted by Gasteiger charge is 2.15. The molecule has 0 saturated carbocycles. The molecule has 2 aromatic rings. The summed E-state index contributed by atoms with van der Waals surface area (Å²) in [5, 5.41) is 13.9. The summed E-state index contributed by atoms with van der Waals surface area (Å²) in [6.07, 6.45) is 0. The van der Waals surface area contributed by atoms with E-state index < -0.39 is 10.8 Å². The van der Waals surface area contributed by atoms with Crippen molar-refractivity contribution in [2.24, 2.45) is 0 Å². The minimum atomic E-state index is -0.544. The molecule has 6 heteroatoms. The lowest BCUT2D eigenvalue weighted by atomic mass is 10.1. The number of hydrogen-bond acceptors (Lipinski definition) is 3. The summed E-state index contributed by atoms with van der Waals surface area (Å²) in [7, 11) is 0. The quantitative estimate of drug-likeness (QED) is 0.690. The molecule has 5 nitrogen and oxygen atoms in total. The molecule has 0 aliphatic rings. The topological polar surface area (TPSA) is 72.2 Å². The summed E-state index contributed by atoms with van der Waals surface area (Å²) in [6.45, 7) is 1.83. The number of para-hydroxylation sites is 2. The largest absolute Gasteiger partial charge is 0.316 e. The number of carbonyl (C=O) groups is 1. The van der Waals surface area contributed by atoms with Crippen LogP contribution in [0.25, 0.3) is 0 Å². The standard InChI is InChI=1S/C14H11ClN2O3/c1-9-6-7-10(8-11(9)15)14(18)16-12-4-2-3-5-13(12)17(19)20/h2-8H,1H3,(H,16,18). The number of halogens is 1. The van der Waals surface area contributed by atoms with Crippen LogP contribution in [0.2, 0.25) is 5.02 Å². The summed E-state index contributed by atoms with van der Waals surface area (Å²) in [5.74, 6) is -0.443. The number of nitro benzene ring substituents is 1. The van der Waals surface area contributed by atoms with Gasteiger partial charge in [-0.3, -0.25) is 14.9 Å². The van der Waals surface area contributed by atoms with E-state index in [2.05, 4.69) is 5.32 Å². The van der Waals surface area contributed by atoms with Gasteiger partial charge in [-0.05, 0) is 30.7 Å². The van der Waals surface area contributed by atoms with Crippen molar-refractivity contribution >= 4 is 28.9 Å². The molecule has 0 radical (unpaired) electrons. The monoisotopic (exact) mass is 290 g/mol. The molecule has 0 spiro atoms. The zero-order valence-corrected chi connectivity index (χ0v) is 11.3. The van der Waals surface area contributed by atoms with Crippen molar-refractivity contribution in [2.75, 3.05) is 5.32 Å². The maximum absolute atomic E-state index is 12.1. The Morgan fingerprint density at radius 1 is 1.25 bits per heavy atom. The number of nitrogens with one attached hydrogen (secondary N) is 1. The van der Waals surface area contributed by atoms with Gasteiger partial charge in [-0.2, -0.15) is 0 Å². The molecule has 2 rings (SSSR count). The molecule has 0 bridgehead atoms. The van der Waals surface area contributed by atoms with Gasteiger partial charge in [0.05, 0.1) is 4.92 Å². The molecule has 0 unspecified atom stereocenters. The first-order valence-corrected chi connectivity index (χ1v) is 6.18. The van der Waals surface area contributed by atoms with Gasteiger partial charge in [0, 0.05) is 16.7 Å². The highest BCUT2D eigenvalue weighted by molar-refractivity contribution is 6.31. The van der Waals surface area contributed by atoms with E-state index >= 15 is 0 Å². The van der Waals surface area contributed by atoms with Gasteiger partial charge >= 0.3 is 0 Å². The first-order chi connectivity index (χ1) is 9.49. The number of aryl methyl sites for hydroxylation is 1. The SMILES string of the molecule is Cc1ccc(C(=O)Nc2ccccc2[N+](=O)[O-])cc1Cl. The second kappa shape index (κ2) is 5.71. The van der Waals surface area contributed by atoms with Crippen molar-refractivity contribution in [2.45, 2.75) is 6.92 Å². The molecule has 1 N–H and O–H groups in total. The van der Waals surface area contributed by atoms with Crippen molar-refractivity contribution in [3.05, 3.63) is 68.7 Å². The number of carbonyl (C=O) groups excluding carboxylic acids is 1. The lowest BCUT2D eigenvalue weighted by Gasteiger charge is -2.07. The van der Waals surface area contributed by atoms with Gasteiger partial charge in [-0.15, -0.1) is 0 Å². The van der Waals surface area contributed by atoms with Crippen LogP contribution in [0.15, 0.2) is 42.5 Å². The average Bonchev–Trinajstić information content (AvgIpc) is 2.42. The van der Waals surface area contributed by atoms with Crippen molar-refractivity contribution in [3.63, 3.8) is 0 Å². The van der Waals surface area contributed by atoms with E-state index in [1.165, 1.54) is 24.3 Å². The van der Waals surface area contributed by atoms with Crippen LogP contribution in [0.4, 0.5) is 11.4 Å². The highest BCUT2D eigenvalue weighted by Crippen LogP contribution is 2.24. The van der Waals surface area contributed by atoms with Gasteiger partial charge in [0.1, 0.15) is 5.69 Å². The molecule has 2 aromatic carbocycles. The molecule has 0 aromatic heterocycles. The first kappa shape index (κ1) is 14.0. The van der Waals surface area contributed by atoms with Gasteiger partial charge in [-0.25, -0.2) is 0 Å². The van der Waals surface area contributed by atoms with Crippen LogP contribution in [-0.2, 0) is 0 Å². The Balaban J connectivity index is 2.28. The molecular formula is C14H11ClN2O3. The summed E-state index contributed by atoms with van der Waals surface area (Å²) < 4.78 is 0. The number of anilines is 1. The van der Waals surface area contributed by atoms with Crippen molar-refractivity contribution in [3.8, 4) is 0 Å². The molecule has 0 aliphatic carbocycles. The second-order valence-electron chi connectivity index (χ2n) is 4.19. The Bertz CT molecular complexity index is 686. The van der Waals surface area contributed by atoms with E-state index in [1.807, 2.05) is 6.92 Å². The molecule has 0 heterocycles. The molecule has 102 valence electrons. The number of nitro groups is 1. The fourth-order valence-corrected chi connectivity index (χ4v) is 1.85. The Kier molecular flexibility index (Phi) is 4.00. The number of rotatable bonds is 3. The number of amides is 1. The Morgan fingerprint density at radius 3 is 2.60 bits per heavy atom. The van der Waals surface area contributed by atoms with E-state index in [-0.39, 0.29) is 11.4 Å². The second-order valence-corrected chi connectivity index (χ2v) is 4.60. The molecular weight excluding hydrogens is 280 g/mol. The predicted molar refractivity (Wildman–Crippen MR) is 77.2 cm³/mol. The van der Waals surface area contributed by atoms with Crippen LogP contribution in [-0.4, -0.2) is 10.8 Å². The summed E-state index contributed by atoms with van der Waals surface area (Å²) >= 11 is 5.95. The number of benzene rings is 2. The third-order valence-electron chi connectivity index (χ3n) is 2.78. The fraction of sp³-hybridized carbons (Fsp3) is 0.0714. The van der Waals surface area contributed by atoms with Gasteiger partial charge < -0.3 is 5.32 Å². The zero-order valence-electron chi connectivity index (χ0n) is 10.6. The van der Waals surface area contributed by atoms with Crippen LogP contribution in [0.1, 0.15) is 15.9 Å². The van der Waals surface area contributed by atoms with Crippen molar-refractivity contribution in [1.82, 2.24) is 0 Å². The van der Waals surface area contributed by atoms with Gasteiger partial charge in [0.25, 0.3) is 11.6 Å². The van der Waals surface area contributed by atoms with E-state index in [9.17, 15) is 14.9 Å². The highest BCUT2D eigenvalue weighted by atomic mass is 35.5. The summed E-state index contributed by atoms with van der Waals surface area (Å²) in [4.78, 5) is 22.4. The lowest BCUT2D eigenvalue weighted by molar-refractivity contribution is -0.383. The molecule has 1 amide bonds. The smallest absolute Gasteiger partial charge is 0.292 e. The van der Waals surface area contributed by atoms with E-state index in [0.29, 0.717) is 10.6 Å². The Morgan fingerprint density at radius 2 is 1.95 bits per heavy atom. The molecule has 0 atom stereocenters. The van der Waals surface area contributed by atoms with Crippen LogP contribution in [0.5, 0.6) is 0 Å². The van der Waals surface area contributed by atoms with Crippen molar-refractivity contribution < 1.29 is 9.72 Å². The Hall–Kier alpha value is -2.40. The molecule has 20 heavy (non-hydrogen) atoms. The van der Waals surface area contributed by atoms with Crippen molar-refractivity contribution in [1.29, 1.82) is 0 Å². The zero-order chi connectivity index (χ0) is 14.7. The van der Waals surface area contributed by atoms with E-state index in [4.69, 9.17) is 11.6 Å². The maximum atomic E-state index is 12.1. The van der Waals surface area contributed by atoms with Crippen LogP contribution >= 0.6 is 11.6 Å². The van der Waals surface area contributed by atoms with E-state index in [0.717, 1.165) is 5.56 Å². The minimum absolute atomic E-state index is 0.152. The van der Waals surface area contributed by atoms with Crippen LogP contribution < -0.4 is 5.32 Å². The predicted octanol–water partition coefficient (Wildman–Crippen LogP) is 3.81. The average molecular weight is 291 g/mol. The summed E-state index contributed by atoms with van der Waals surface area (Å²) in [6, 6.07) is 10.8. The molecule has 0 aliphatic heterocycles. The minimum Gasteiger partial charge on any atom is -0.316 e. The fourth-order valence-electron chi connectivity index (χ4n) is 1.67. The van der Waals surface area contributed by atoms with Gasteiger partial charge in [0.15, 0.2) is 0 Å². The third-order valence-corrected chi connectivity index (χ3v) is 3.19. The molecule has 0 saturated heterocycles. The van der Waals surface area contributed by atoms with E-state index in [1.54, 1.807) is 18.2 Å². The van der Waals surface area contributed by atoms with Gasteiger partial charge in [-0.1, -0.05) is 29.8 Å². The normalized spacial score (nSPS) is 10.1. The third kappa shape index (κ3) is 2.95.